The number of aryl methyl sites for hydroxylation is 1. The highest BCUT2D eigenvalue weighted by Crippen LogP contribution is 2.22. The van der Waals surface area contributed by atoms with Crippen molar-refractivity contribution in [1.29, 1.82) is 0 Å². The molecule has 1 atom stereocenters. The van der Waals surface area contributed by atoms with E-state index >= 15 is 0 Å². The Balaban J connectivity index is 2.06. The quantitative estimate of drug-likeness (QED) is 0.784. The lowest BCUT2D eigenvalue weighted by molar-refractivity contribution is -0.138. The number of nitrogens with zero attached hydrogens (tertiary/aromatic N) is 1. The van der Waals surface area contributed by atoms with Crippen LogP contribution in [0.4, 0.5) is 0 Å². The van der Waals surface area contributed by atoms with E-state index in [0.29, 0.717) is 19.6 Å². The number of rotatable bonds is 2. The smallest absolute Gasteiger partial charge is 0.222 e. The van der Waals surface area contributed by atoms with Gasteiger partial charge in [0.15, 0.2) is 0 Å². The standard InChI is InChI=1S/C14H19NO2/c1-3-14(16)15-8-9-17-13(10-15)12-6-4-11(2)5-7-12/h4-7,13H,3,8-10H2,1-2H3. The summed E-state index contributed by atoms with van der Waals surface area (Å²) in [5, 5.41) is 0. The average Bonchev–Trinajstić information content (AvgIpc) is 2.39. The first-order chi connectivity index (χ1) is 8.20. The maximum atomic E-state index is 11.7. The van der Waals surface area contributed by atoms with E-state index in [1.54, 1.807) is 0 Å². The molecule has 0 spiro atoms. The van der Waals surface area contributed by atoms with Crippen molar-refractivity contribution >= 4 is 5.91 Å². The Bertz CT molecular complexity index is 386. The maximum Gasteiger partial charge on any atom is 0.222 e. The summed E-state index contributed by atoms with van der Waals surface area (Å²) in [6, 6.07) is 8.33. The topological polar surface area (TPSA) is 29.5 Å². The van der Waals surface area contributed by atoms with E-state index in [1.165, 1.54) is 5.56 Å². The van der Waals surface area contributed by atoms with Crippen LogP contribution in [-0.4, -0.2) is 30.5 Å². The van der Waals surface area contributed by atoms with Crippen LogP contribution in [0.2, 0.25) is 0 Å². The maximum absolute atomic E-state index is 11.7. The van der Waals surface area contributed by atoms with Crippen LogP contribution in [0.25, 0.3) is 0 Å². The first kappa shape index (κ1) is 12.1. The second kappa shape index (κ2) is 5.32. The summed E-state index contributed by atoms with van der Waals surface area (Å²) in [6.45, 7) is 5.99. The van der Waals surface area contributed by atoms with Crippen LogP contribution in [-0.2, 0) is 9.53 Å². The number of hydrogen-bond acceptors (Lipinski definition) is 2. The van der Waals surface area contributed by atoms with E-state index in [-0.39, 0.29) is 12.0 Å². The highest BCUT2D eigenvalue weighted by atomic mass is 16.5. The Morgan fingerprint density at radius 1 is 1.41 bits per heavy atom. The largest absolute Gasteiger partial charge is 0.370 e. The summed E-state index contributed by atoms with van der Waals surface area (Å²) >= 11 is 0. The molecule has 1 amide bonds. The van der Waals surface area contributed by atoms with Crippen LogP contribution in [0.5, 0.6) is 0 Å². The van der Waals surface area contributed by atoms with Gasteiger partial charge in [0.1, 0.15) is 6.10 Å². The summed E-state index contributed by atoms with van der Waals surface area (Å²) in [5.74, 6) is 0.213. The van der Waals surface area contributed by atoms with Gasteiger partial charge < -0.3 is 9.64 Å². The van der Waals surface area contributed by atoms with Crippen molar-refractivity contribution in [1.82, 2.24) is 4.90 Å². The number of benzene rings is 1. The monoisotopic (exact) mass is 233 g/mol. The van der Waals surface area contributed by atoms with Crippen molar-refractivity contribution < 1.29 is 9.53 Å². The Morgan fingerprint density at radius 3 is 2.76 bits per heavy atom. The fraction of sp³-hybridized carbons (Fsp3) is 0.500. The van der Waals surface area contributed by atoms with Crippen molar-refractivity contribution in [3.05, 3.63) is 35.4 Å². The molecular weight excluding hydrogens is 214 g/mol. The van der Waals surface area contributed by atoms with Crippen molar-refractivity contribution in [3.63, 3.8) is 0 Å². The molecule has 3 nitrogen and oxygen atoms in total. The Morgan fingerprint density at radius 2 is 2.12 bits per heavy atom. The molecule has 0 bridgehead atoms. The lowest BCUT2D eigenvalue weighted by Crippen LogP contribution is -2.41. The third-order valence-corrected chi connectivity index (χ3v) is 3.17. The van der Waals surface area contributed by atoms with Crippen LogP contribution < -0.4 is 0 Å². The first-order valence-electron chi connectivity index (χ1n) is 6.16. The molecule has 2 rings (SSSR count). The zero-order chi connectivity index (χ0) is 12.3. The summed E-state index contributed by atoms with van der Waals surface area (Å²) in [6.07, 6.45) is 0.598. The summed E-state index contributed by atoms with van der Waals surface area (Å²) in [5.41, 5.74) is 2.40. The number of carbonyl (C=O) groups is 1. The van der Waals surface area contributed by atoms with E-state index in [0.717, 1.165) is 12.1 Å². The zero-order valence-corrected chi connectivity index (χ0v) is 10.5. The van der Waals surface area contributed by atoms with Gasteiger partial charge in [-0.2, -0.15) is 0 Å². The molecule has 0 aromatic heterocycles. The minimum absolute atomic E-state index is 0.0276. The summed E-state index contributed by atoms with van der Waals surface area (Å²) in [7, 11) is 0. The van der Waals surface area contributed by atoms with Gasteiger partial charge in [-0.1, -0.05) is 36.8 Å². The highest BCUT2D eigenvalue weighted by molar-refractivity contribution is 5.75. The molecule has 17 heavy (non-hydrogen) atoms. The molecule has 1 aliphatic rings. The van der Waals surface area contributed by atoms with E-state index in [1.807, 2.05) is 11.8 Å². The van der Waals surface area contributed by atoms with Gasteiger partial charge in [-0.05, 0) is 12.5 Å². The molecule has 3 heteroatoms. The van der Waals surface area contributed by atoms with Gasteiger partial charge in [0.05, 0.1) is 13.2 Å². The van der Waals surface area contributed by atoms with Crippen molar-refractivity contribution in [2.45, 2.75) is 26.4 Å². The first-order valence-corrected chi connectivity index (χ1v) is 6.16. The third kappa shape index (κ3) is 2.86. The molecule has 1 fully saturated rings. The minimum atomic E-state index is 0.0276. The molecule has 1 aliphatic heterocycles. The van der Waals surface area contributed by atoms with Crippen molar-refractivity contribution in [3.8, 4) is 0 Å². The van der Waals surface area contributed by atoms with E-state index in [4.69, 9.17) is 4.74 Å². The van der Waals surface area contributed by atoms with Gasteiger partial charge in [-0.15, -0.1) is 0 Å². The minimum Gasteiger partial charge on any atom is -0.370 e. The SMILES string of the molecule is CCC(=O)N1CCOC(c2ccc(C)cc2)C1. The van der Waals surface area contributed by atoms with Crippen molar-refractivity contribution in [2.24, 2.45) is 0 Å². The Labute approximate surface area is 102 Å². The summed E-state index contributed by atoms with van der Waals surface area (Å²) in [4.78, 5) is 13.6. The van der Waals surface area contributed by atoms with Crippen LogP contribution >= 0.6 is 0 Å². The lowest BCUT2D eigenvalue weighted by atomic mass is 10.1. The molecule has 0 aliphatic carbocycles. The molecule has 1 saturated heterocycles. The number of amides is 1. The predicted octanol–water partition coefficient (Wildman–Crippen LogP) is 2.30. The highest BCUT2D eigenvalue weighted by Gasteiger charge is 2.24. The van der Waals surface area contributed by atoms with Gasteiger partial charge in [0.25, 0.3) is 0 Å². The fourth-order valence-electron chi connectivity index (χ4n) is 2.08. The fourth-order valence-corrected chi connectivity index (χ4v) is 2.08. The van der Waals surface area contributed by atoms with Crippen molar-refractivity contribution in [2.75, 3.05) is 19.7 Å². The van der Waals surface area contributed by atoms with E-state index < -0.39 is 0 Å². The van der Waals surface area contributed by atoms with Crippen LogP contribution in [0.3, 0.4) is 0 Å². The summed E-state index contributed by atoms with van der Waals surface area (Å²) < 4.78 is 5.73. The van der Waals surface area contributed by atoms with E-state index in [2.05, 4.69) is 31.2 Å². The van der Waals surface area contributed by atoms with Crippen LogP contribution in [0.1, 0.15) is 30.6 Å². The van der Waals surface area contributed by atoms with Gasteiger partial charge in [-0.3, -0.25) is 4.79 Å². The Hall–Kier alpha value is -1.35. The van der Waals surface area contributed by atoms with Gasteiger partial charge in [-0.25, -0.2) is 0 Å². The number of ether oxygens (including phenoxy) is 1. The average molecular weight is 233 g/mol. The molecule has 0 saturated carbocycles. The Kier molecular flexibility index (Phi) is 3.79. The van der Waals surface area contributed by atoms with Crippen LogP contribution in [0.15, 0.2) is 24.3 Å². The van der Waals surface area contributed by atoms with Gasteiger partial charge >= 0.3 is 0 Å². The van der Waals surface area contributed by atoms with Crippen LogP contribution in [0, 0.1) is 6.92 Å². The molecule has 1 unspecified atom stereocenters. The molecule has 1 aromatic carbocycles. The normalized spacial score (nSPS) is 20.4. The predicted molar refractivity (Wildman–Crippen MR) is 66.7 cm³/mol. The van der Waals surface area contributed by atoms with Gasteiger partial charge in [0.2, 0.25) is 5.91 Å². The third-order valence-electron chi connectivity index (χ3n) is 3.17. The second-order valence-electron chi connectivity index (χ2n) is 4.46. The molecule has 1 aromatic rings. The molecule has 0 N–H and O–H groups in total. The molecule has 0 radical (unpaired) electrons. The molecular formula is C14H19NO2. The molecule has 92 valence electrons. The lowest BCUT2D eigenvalue weighted by Gasteiger charge is -2.33. The second-order valence-corrected chi connectivity index (χ2v) is 4.46. The van der Waals surface area contributed by atoms with E-state index in [9.17, 15) is 4.79 Å². The number of morpholine rings is 1. The number of hydrogen-bond donors (Lipinski definition) is 0. The zero-order valence-electron chi connectivity index (χ0n) is 10.5. The molecule has 1 heterocycles. The number of carbonyl (C=O) groups excluding carboxylic acids is 1. The van der Waals surface area contributed by atoms with Gasteiger partial charge in [0, 0.05) is 13.0 Å².